The van der Waals surface area contributed by atoms with Crippen LogP contribution < -0.4 is 11.1 Å². The van der Waals surface area contributed by atoms with E-state index >= 15 is 0 Å². The lowest BCUT2D eigenvalue weighted by Crippen LogP contribution is -2.30. The average Bonchev–Trinajstić information content (AvgIpc) is 2.83. The monoisotopic (exact) mass is 287 g/mol. The topological polar surface area (TPSA) is 98.3 Å². The second kappa shape index (κ2) is 4.19. The molecule has 3 fully saturated rings. The molecule has 4 rings (SSSR count). The van der Waals surface area contributed by atoms with Gasteiger partial charge < -0.3 is 11.1 Å². The highest BCUT2D eigenvalue weighted by atomic mass is 16.6. The van der Waals surface area contributed by atoms with Gasteiger partial charge in [-0.25, -0.2) is 0 Å². The van der Waals surface area contributed by atoms with Crippen molar-refractivity contribution in [2.75, 3.05) is 5.73 Å². The van der Waals surface area contributed by atoms with E-state index in [1.165, 1.54) is 31.4 Å². The summed E-state index contributed by atoms with van der Waals surface area (Å²) < 4.78 is 0. The first-order valence-electron chi connectivity index (χ1n) is 7.41. The maximum absolute atomic E-state index is 12.3. The number of nitrogen functional groups attached to an aromatic ring is 1. The minimum absolute atomic E-state index is 0.0814. The molecule has 4 unspecified atom stereocenters. The maximum Gasteiger partial charge on any atom is 0.292 e. The van der Waals surface area contributed by atoms with Gasteiger partial charge in [-0.3, -0.25) is 14.9 Å². The fourth-order valence-corrected chi connectivity index (χ4v) is 4.60. The minimum Gasteiger partial charge on any atom is -0.393 e. The molecule has 3 N–H and O–H groups in total. The molecule has 6 nitrogen and oxygen atoms in total. The van der Waals surface area contributed by atoms with E-state index in [4.69, 9.17) is 5.73 Å². The summed E-state index contributed by atoms with van der Waals surface area (Å²) in [5.41, 5.74) is 5.74. The first-order valence-corrected chi connectivity index (χ1v) is 7.41. The number of carbonyl (C=O) groups excluding carboxylic acids is 1. The summed E-state index contributed by atoms with van der Waals surface area (Å²) in [5.74, 6) is 2.64. The highest BCUT2D eigenvalue weighted by molar-refractivity contribution is 5.96. The highest BCUT2D eigenvalue weighted by Crippen LogP contribution is 2.65. The van der Waals surface area contributed by atoms with E-state index in [0.717, 1.165) is 11.8 Å². The number of rotatable bonds is 3. The van der Waals surface area contributed by atoms with Gasteiger partial charge in [-0.15, -0.1) is 0 Å². The Bertz CT molecular complexity index is 629. The number of benzene rings is 1. The Hall–Kier alpha value is -2.11. The van der Waals surface area contributed by atoms with Crippen molar-refractivity contribution < 1.29 is 9.72 Å². The molecule has 4 atom stereocenters. The zero-order valence-corrected chi connectivity index (χ0v) is 11.5. The molecule has 0 heterocycles. The standard InChI is InChI=1S/C15H17N3O3/c16-10-4-3-9(6-11(10)18(20)21)15(19)17-14-12-7-1-2-8(5-7)13(12)14/h3-4,6-8,12-14H,1-2,5,16H2,(H,17,19). The lowest BCUT2D eigenvalue weighted by molar-refractivity contribution is -0.383. The Balaban J connectivity index is 1.49. The van der Waals surface area contributed by atoms with Crippen LogP contribution in [0.1, 0.15) is 29.6 Å². The normalized spacial score (nSPS) is 35.3. The van der Waals surface area contributed by atoms with Crippen LogP contribution in [0.4, 0.5) is 11.4 Å². The zero-order valence-electron chi connectivity index (χ0n) is 11.5. The highest BCUT2D eigenvalue weighted by Gasteiger charge is 2.65. The third-order valence-electron chi connectivity index (χ3n) is 5.52. The fourth-order valence-electron chi connectivity index (χ4n) is 4.60. The molecular weight excluding hydrogens is 270 g/mol. The SMILES string of the molecule is Nc1ccc(C(=O)NC2C3C4CCC(C4)C23)cc1[N+](=O)[O-]. The summed E-state index contributed by atoms with van der Waals surface area (Å²) in [5, 5.41) is 13.9. The smallest absolute Gasteiger partial charge is 0.292 e. The molecule has 3 aliphatic rings. The van der Waals surface area contributed by atoms with Crippen molar-refractivity contribution in [1.82, 2.24) is 5.32 Å². The van der Waals surface area contributed by atoms with Crippen LogP contribution in [0.15, 0.2) is 18.2 Å². The Labute approximate surface area is 121 Å². The molecule has 1 amide bonds. The Morgan fingerprint density at radius 1 is 1.29 bits per heavy atom. The number of hydrogen-bond acceptors (Lipinski definition) is 4. The van der Waals surface area contributed by atoms with Gasteiger partial charge in [0.25, 0.3) is 11.6 Å². The molecule has 6 heteroatoms. The zero-order chi connectivity index (χ0) is 14.7. The van der Waals surface area contributed by atoms with Crippen molar-refractivity contribution in [2.24, 2.45) is 23.7 Å². The van der Waals surface area contributed by atoms with Gasteiger partial charge in [0, 0.05) is 17.7 Å². The van der Waals surface area contributed by atoms with Crippen molar-refractivity contribution in [3.63, 3.8) is 0 Å². The molecule has 110 valence electrons. The minimum atomic E-state index is -0.557. The Morgan fingerprint density at radius 2 is 1.95 bits per heavy atom. The van der Waals surface area contributed by atoms with Crippen LogP contribution in [0.3, 0.4) is 0 Å². The summed E-state index contributed by atoms with van der Waals surface area (Å²) in [6.07, 6.45) is 3.92. The predicted molar refractivity (Wildman–Crippen MR) is 76.6 cm³/mol. The van der Waals surface area contributed by atoms with Crippen molar-refractivity contribution in [2.45, 2.75) is 25.3 Å². The molecule has 21 heavy (non-hydrogen) atoms. The predicted octanol–water partition coefficient (Wildman–Crippen LogP) is 1.95. The van der Waals surface area contributed by atoms with E-state index in [1.807, 2.05) is 0 Å². The lowest BCUT2D eigenvalue weighted by atomic mass is 10.0. The number of nitro groups is 1. The second-order valence-electron chi connectivity index (χ2n) is 6.52. The number of nitrogens with zero attached hydrogens (tertiary/aromatic N) is 1. The first-order chi connectivity index (χ1) is 10.1. The van der Waals surface area contributed by atoms with Gasteiger partial charge in [0.15, 0.2) is 0 Å². The van der Waals surface area contributed by atoms with Gasteiger partial charge in [-0.05, 0) is 55.1 Å². The number of anilines is 1. The average molecular weight is 287 g/mol. The molecule has 3 aliphatic carbocycles. The quantitative estimate of drug-likeness (QED) is 0.504. The van der Waals surface area contributed by atoms with Crippen LogP contribution in [0, 0.1) is 33.8 Å². The molecule has 0 radical (unpaired) electrons. The van der Waals surface area contributed by atoms with E-state index in [-0.39, 0.29) is 23.3 Å². The van der Waals surface area contributed by atoms with E-state index < -0.39 is 4.92 Å². The van der Waals surface area contributed by atoms with Crippen molar-refractivity contribution in [3.8, 4) is 0 Å². The molecule has 1 aromatic carbocycles. The molecule has 2 bridgehead atoms. The summed E-state index contributed by atoms with van der Waals surface area (Å²) >= 11 is 0. The van der Waals surface area contributed by atoms with Crippen LogP contribution in [0.5, 0.6) is 0 Å². The van der Waals surface area contributed by atoms with E-state index in [9.17, 15) is 14.9 Å². The largest absolute Gasteiger partial charge is 0.393 e. The summed E-state index contributed by atoms with van der Waals surface area (Å²) in [4.78, 5) is 22.6. The summed E-state index contributed by atoms with van der Waals surface area (Å²) in [7, 11) is 0. The molecule has 0 aliphatic heterocycles. The Morgan fingerprint density at radius 3 is 2.57 bits per heavy atom. The van der Waals surface area contributed by atoms with E-state index in [0.29, 0.717) is 17.4 Å². The van der Waals surface area contributed by atoms with Crippen LogP contribution in [-0.2, 0) is 0 Å². The maximum atomic E-state index is 12.3. The first kappa shape index (κ1) is 12.6. The number of fused-ring (bicyclic) bond motifs is 5. The van der Waals surface area contributed by atoms with Crippen molar-refractivity contribution in [1.29, 1.82) is 0 Å². The van der Waals surface area contributed by atoms with Crippen LogP contribution in [0.2, 0.25) is 0 Å². The summed E-state index contributed by atoms with van der Waals surface area (Å²) in [6, 6.07) is 4.51. The fraction of sp³-hybridized carbons (Fsp3) is 0.533. The number of nitrogens with one attached hydrogen (secondary N) is 1. The third-order valence-corrected chi connectivity index (χ3v) is 5.52. The number of amides is 1. The molecule has 0 saturated heterocycles. The van der Waals surface area contributed by atoms with E-state index in [2.05, 4.69) is 5.32 Å². The molecule has 3 saturated carbocycles. The van der Waals surface area contributed by atoms with Gasteiger partial charge in [-0.2, -0.15) is 0 Å². The lowest BCUT2D eigenvalue weighted by Gasteiger charge is -2.10. The van der Waals surface area contributed by atoms with Gasteiger partial charge >= 0.3 is 0 Å². The van der Waals surface area contributed by atoms with Crippen molar-refractivity contribution in [3.05, 3.63) is 33.9 Å². The van der Waals surface area contributed by atoms with Gasteiger partial charge in [0.2, 0.25) is 0 Å². The number of nitrogens with two attached hydrogens (primary N) is 1. The van der Waals surface area contributed by atoms with Crippen LogP contribution >= 0.6 is 0 Å². The second-order valence-corrected chi connectivity index (χ2v) is 6.52. The number of carbonyl (C=O) groups is 1. The molecular formula is C15H17N3O3. The van der Waals surface area contributed by atoms with Crippen molar-refractivity contribution >= 4 is 17.3 Å². The number of nitro benzene ring substituents is 1. The molecule has 0 spiro atoms. The third kappa shape index (κ3) is 1.81. The van der Waals surface area contributed by atoms with Crippen LogP contribution in [-0.4, -0.2) is 16.9 Å². The van der Waals surface area contributed by atoms with Crippen LogP contribution in [0.25, 0.3) is 0 Å². The molecule has 1 aromatic rings. The Kier molecular flexibility index (Phi) is 2.52. The molecule has 0 aromatic heterocycles. The van der Waals surface area contributed by atoms with Gasteiger partial charge in [-0.1, -0.05) is 0 Å². The number of hydrogen-bond donors (Lipinski definition) is 2. The summed E-state index contributed by atoms with van der Waals surface area (Å²) in [6.45, 7) is 0. The van der Waals surface area contributed by atoms with E-state index in [1.54, 1.807) is 6.07 Å². The van der Waals surface area contributed by atoms with Gasteiger partial charge in [0.05, 0.1) is 4.92 Å². The van der Waals surface area contributed by atoms with Gasteiger partial charge in [0.1, 0.15) is 5.69 Å².